The lowest BCUT2D eigenvalue weighted by atomic mass is 9.88. The highest BCUT2D eigenvalue weighted by Crippen LogP contribution is 2.30. The van der Waals surface area contributed by atoms with Crippen molar-refractivity contribution in [2.45, 2.75) is 25.4 Å². The summed E-state index contributed by atoms with van der Waals surface area (Å²) in [4.78, 5) is 20.3. The van der Waals surface area contributed by atoms with E-state index in [1.54, 1.807) is 12.3 Å². The molecule has 1 aromatic carbocycles. The van der Waals surface area contributed by atoms with Crippen LogP contribution in [0, 0.1) is 11.7 Å². The highest BCUT2D eigenvalue weighted by molar-refractivity contribution is 7.12. The topological polar surface area (TPSA) is 45.2 Å². The molecule has 150 valence electrons. The Labute approximate surface area is 174 Å². The van der Waals surface area contributed by atoms with Gasteiger partial charge >= 0.3 is 0 Å². The molecule has 0 saturated carbocycles. The minimum atomic E-state index is -0.172. The molecule has 1 aliphatic heterocycles. The number of aromatic nitrogens is 1. The van der Waals surface area contributed by atoms with Crippen molar-refractivity contribution in [2.75, 3.05) is 13.1 Å². The summed E-state index contributed by atoms with van der Waals surface area (Å²) in [5.41, 5.74) is 1.58. The number of halogens is 1. The lowest BCUT2D eigenvalue weighted by molar-refractivity contribution is 0.0878. The molecule has 0 aliphatic carbocycles. The molecule has 29 heavy (non-hydrogen) atoms. The second-order valence-electron chi connectivity index (χ2n) is 7.41. The molecule has 1 aliphatic rings. The first-order chi connectivity index (χ1) is 14.2. The van der Waals surface area contributed by atoms with E-state index in [1.807, 2.05) is 47.8 Å². The van der Waals surface area contributed by atoms with Crippen LogP contribution in [0.4, 0.5) is 4.39 Å². The molecule has 4 nitrogen and oxygen atoms in total. The summed E-state index contributed by atoms with van der Waals surface area (Å²) in [6.45, 7) is 2.30. The number of carbonyl (C=O) groups is 1. The zero-order valence-corrected chi connectivity index (χ0v) is 16.9. The van der Waals surface area contributed by atoms with Crippen LogP contribution in [-0.4, -0.2) is 28.9 Å². The minimum absolute atomic E-state index is 0.0677. The number of pyridine rings is 1. The molecule has 1 N–H and O–H groups in total. The van der Waals surface area contributed by atoms with Gasteiger partial charge in [-0.25, -0.2) is 4.39 Å². The molecular formula is C23H24FN3OS. The highest BCUT2D eigenvalue weighted by atomic mass is 32.1. The number of piperidine rings is 1. The summed E-state index contributed by atoms with van der Waals surface area (Å²) in [6.07, 6.45) is 3.77. The summed E-state index contributed by atoms with van der Waals surface area (Å²) >= 11 is 1.43. The van der Waals surface area contributed by atoms with Crippen molar-refractivity contribution >= 4 is 17.2 Å². The minimum Gasteiger partial charge on any atom is -0.343 e. The van der Waals surface area contributed by atoms with Crippen LogP contribution >= 0.6 is 11.3 Å². The van der Waals surface area contributed by atoms with Crippen molar-refractivity contribution in [1.82, 2.24) is 15.2 Å². The molecular weight excluding hydrogens is 385 g/mol. The number of rotatable bonds is 6. The quantitative estimate of drug-likeness (QED) is 0.644. The van der Waals surface area contributed by atoms with Crippen LogP contribution < -0.4 is 5.32 Å². The number of carbonyl (C=O) groups excluding carboxylic acids is 1. The van der Waals surface area contributed by atoms with Gasteiger partial charge < -0.3 is 5.32 Å². The van der Waals surface area contributed by atoms with Gasteiger partial charge in [0.15, 0.2) is 0 Å². The maximum atomic E-state index is 14.1. The highest BCUT2D eigenvalue weighted by Gasteiger charge is 2.31. The van der Waals surface area contributed by atoms with Gasteiger partial charge in [-0.3, -0.25) is 14.7 Å². The summed E-state index contributed by atoms with van der Waals surface area (Å²) in [5.74, 6) is -0.0156. The number of nitrogens with zero attached hydrogens (tertiary/aromatic N) is 2. The molecule has 1 fully saturated rings. The van der Waals surface area contributed by atoms with Crippen LogP contribution in [-0.2, 0) is 6.54 Å². The third kappa shape index (κ3) is 4.89. The van der Waals surface area contributed by atoms with E-state index in [-0.39, 0.29) is 23.7 Å². The van der Waals surface area contributed by atoms with Gasteiger partial charge in [0.25, 0.3) is 5.91 Å². The van der Waals surface area contributed by atoms with E-state index in [2.05, 4.69) is 15.2 Å². The number of likely N-dealkylation sites (tertiary alicyclic amines) is 1. The van der Waals surface area contributed by atoms with Crippen molar-refractivity contribution in [1.29, 1.82) is 0 Å². The number of hydrogen-bond donors (Lipinski definition) is 1. The fourth-order valence-corrected chi connectivity index (χ4v) is 4.61. The molecule has 2 aromatic heterocycles. The van der Waals surface area contributed by atoms with Crippen LogP contribution in [0.1, 0.15) is 39.8 Å². The van der Waals surface area contributed by atoms with Gasteiger partial charge in [0.1, 0.15) is 5.82 Å². The maximum absolute atomic E-state index is 14.1. The summed E-state index contributed by atoms with van der Waals surface area (Å²) < 4.78 is 14.1. The van der Waals surface area contributed by atoms with Gasteiger partial charge in [0.2, 0.25) is 0 Å². The molecule has 3 heterocycles. The van der Waals surface area contributed by atoms with E-state index in [0.29, 0.717) is 17.0 Å². The Balaban J connectivity index is 1.52. The zero-order chi connectivity index (χ0) is 20.1. The molecule has 1 amide bonds. The number of benzene rings is 1. The third-order valence-corrected chi connectivity index (χ3v) is 6.27. The third-order valence-electron chi connectivity index (χ3n) is 5.40. The van der Waals surface area contributed by atoms with Crippen molar-refractivity contribution in [3.05, 3.63) is 88.1 Å². The van der Waals surface area contributed by atoms with Crippen LogP contribution in [0.15, 0.2) is 66.2 Å². The van der Waals surface area contributed by atoms with E-state index in [0.717, 1.165) is 31.6 Å². The summed E-state index contributed by atoms with van der Waals surface area (Å²) in [6, 6.07) is 16.3. The van der Waals surface area contributed by atoms with Gasteiger partial charge in [0.05, 0.1) is 16.6 Å². The summed E-state index contributed by atoms with van der Waals surface area (Å²) in [7, 11) is 0. The molecule has 0 spiro atoms. The maximum Gasteiger partial charge on any atom is 0.261 e. The van der Waals surface area contributed by atoms with Crippen LogP contribution in [0.25, 0.3) is 0 Å². The van der Waals surface area contributed by atoms with Crippen molar-refractivity contribution < 1.29 is 9.18 Å². The monoisotopic (exact) mass is 409 g/mol. The standard InChI is InChI=1S/C23H24FN3OS/c24-19-9-2-1-7-17(19)15-27-13-5-8-18(16-27)22(20-10-3-4-12-25-20)26-23(28)21-11-6-14-29-21/h1-4,6-7,9-12,14,18,22H,5,8,13,15-16H2,(H,26,28)/t18-,22-/m1/s1. The number of thiophene rings is 1. The van der Waals surface area contributed by atoms with Gasteiger partial charge in [-0.2, -0.15) is 0 Å². The van der Waals surface area contributed by atoms with Crippen molar-refractivity contribution in [3.8, 4) is 0 Å². The Bertz CT molecular complexity index is 932. The summed E-state index contributed by atoms with van der Waals surface area (Å²) in [5, 5.41) is 5.11. The Morgan fingerprint density at radius 2 is 2.07 bits per heavy atom. The van der Waals surface area contributed by atoms with Gasteiger partial charge in [-0.05, 0) is 54.9 Å². The second kappa shape index (κ2) is 9.29. The van der Waals surface area contributed by atoms with Gasteiger partial charge in [-0.1, -0.05) is 30.3 Å². The van der Waals surface area contributed by atoms with Crippen molar-refractivity contribution in [2.24, 2.45) is 5.92 Å². The lowest BCUT2D eigenvalue weighted by Gasteiger charge is -2.37. The van der Waals surface area contributed by atoms with Crippen LogP contribution in [0.2, 0.25) is 0 Å². The van der Waals surface area contributed by atoms with E-state index in [1.165, 1.54) is 17.4 Å². The average Bonchev–Trinajstić information content (AvgIpc) is 3.29. The Morgan fingerprint density at radius 1 is 1.21 bits per heavy atom. The molecule has 6 heteroatoms. The first kappa shape index (κ1) is 19.7. The average molecular weight is 410 g/mol. The molecule has 0 unspecified atom stereocenters. The zero-order valence-electron chi connectivity index (χ0n) is 16.1. The molecule has 1 saturated heterocycles. The predicted molar refractivity (Wildman–Crippen MR) is 113 cm³/mol. The molecule has 4 rings (SSSR count). The lowest BCUT2D eigenvalue weighted by Crippen LogP contribution is -2.43. The number of amides is 1. The fourth-order valence-electron chi connectivity index (χ4n) is 3.99. The van der Waals surface area contributed by atoms with E-state index in [4.69, 9.17) is 0 Å². The Morgan fingerprint density at radius 3 is 2.83 bits per heavy atom. The predicted octanol–water partition coefficient (Wildman–Crippen LogP) is 4.67. The number of nitrogens with one attached hydrogen (secondary N) is 1. The molecule has 3 aromatic rings. The SMILES string of the molecule is O=C(N[C@@H](c1ccccn1)[C@@H]1CCCN(Cc2ccccc2F)C1)c1cccs1. The second-order valence-corrected chi connectivity index (χ2v) is 8.36. The first-order valence-corrected chi connectivity index (χ1v) is 10.8. The van der Waals surface area contributed by atoms with Gasteiger partial charge in [0, 0.05) is 24.8 Å². The van der Waals surface area contributed by atoms with Crippen molar-refractivity contribution in [3.63, 3.8) is 0 Å². The largest absolute Gasteiger partial charge is 0.343 e. The number of hydrogen-bond acceptors (Lipinski definition) is 4. The van der Waals surface area contributed by atoms with E-state index >= 15 is 0 Å². The Kier molecular flexibility index (Phi) is 6.32. The molecule has 2 atom stereocenters. The van der Waals surface area contributed by atoms with E-state index < -0.39 is 0 Å². The van der Waals surface area contributed by atoms with Gasteiger partial charge in [-0.15, -0.1) is 11.3 Å². The first-order valence-electron chi connectivity index (χ1n) is 9.92. The van der Waals surface area contributed by atoms with Crippen LogP contribution in [0.3, 0.4) is 0 Å². The normalized spacial score (nSPS) is 18.3. The van der Waals surface area contributed by atoms with E-state index in [9.17, 15) is 9.18 Å². The molecule has 0 bridgehead atoms. The Hall–Kier alpha value is -2.57. The van der Waals surface area contributed by atoms with Crippen LogP contribution in [0.5, 0.6) is 0 Å². The fraction of sp³-hybridized carbons (Fsp3) is 0.304. The molecule has 0 radical (unpaired) electrons. The smallest absolute Gasteiger partial charge is 0.261 e.